The number of halogens is 1. The zero-order chi connectivity index (χ0) is 13.7. The summed E-state index contributed by atoms with van der Waals surface area (Å²) in [6, 6.07) is 0.308. The Bertz CT molecular complexity index is 409. The summed E-state index contributed by atoms with van der Waals surface area (Å²) < 4.78 is 5.51. The molecule has 1 saturated heterocycles. The minimum Gasteiger partial charge on any atom is -0.462 e. The van der Waals surface area contributed by atoms with Gasteiger partial charge in [-0.2, -0.15) is 15.0 Å². The van der Waals surface area contributed by atoms with Gasteiger partial charge in [0.05, 0.1) is 0 Å². The summed E-state index contributed by atoms with van der Waals surface area (Å²) in [6.07, 6.45) is 3.60. The third-order valence-electron chi connectivity index (χ3n) is 2.98. The fourth-order valence-corrected chi connectivity index (χ4v) is 2.09. The molecule has 0 radical (unpaired) electrons. The van der Waals surface area contributed by atoms with Crippen molar-refractivity contribution in [1.29, 1.82) is 0 Å². The smallest absolute Gasteiger partial charge is 0.322 e. The maximum absolute atomic E-state index is 5.93. The monoisotopic (exact) mass is 285 g/mol. The molecule has 1 fully saturated rings. The summed E-state index contributed by atoms with van der Waals surface area (Å²) in [7, 11) is 3.98. The number of nitrogens with zero attached hydrogens (tertiary/aromatic N) is 5. The second kappa shape index (κ2) is 6.86. The van der Waals surface area contributed by atoms with Gasteiger partial charge >= 0.3 is 6.01 Å². The van der Waals surface area contributed by atoms with Crippen LogP contribution in [-0.2, 0) is 0 Å². The first-order chi connectivity index (χ1) is 9.15. The van der Waals surface area contributed by atoms with E-state index in [0.717, 1.165) is 19.6 Å². The lowest BCUT2D eigenvalue weighted by Gasteiger charge is -2.26. The number of aromatic nitrogens is 3. The number of hydrogen-bond donors (Lipinski definition) is 0. The molecule has 0 amide bonds. The van der Waals surface area contributed by atoms with Crippen molar-refractivity contribution in [1.82, 2.24) is 19.9 Å². The molecule has 106 valence electrons. The Morgan fingerprint density at radius 3 is 2.58 bits per heavy atom. The summed E-state index contributed by atoms with van der Waals surface area (Å²) in [5.41, 5.74) is 0. The molecule has 1 aliphatic rings. The predicted octanol–water partition coefficient (Wildman–Crippen LogP) is 1.46. The van der Waals surface area contributed by atoms with Crippen molar-refractivity contribution >= 4 is 17.5 Å². The molecule has 0 N–H and O–H groups in total. The van der Waals surface area contributed by atoms with Crippen LogP contribution in [0.2, 0.25) is 5.28 Å². The average molecular weight is 286 g/mol. The zero-order valence-corrected chi connectivity index (χ0v) is 12.2. The molecule has 0 atom stereocenters. The zero-order valence-electron chi connectivity index (χ0n) is 11.5. The summed E-state index contributed by atoms with van der Waals surface area (Å²) in [6.45, 7) is 3.28. The van der Waals surface area contributed by atoms with Crippen LogP contribution in [0.4, 0.5) is 5.95 Å². The quantitative estimate of drug-likeness (QED) is 0.816. The minimum absolute atomic E-state index is 0.190. The number of anilines is 1. The lowest BCUT2D eigenvalue weighted by molar-refractivity contribution is 0.245. The van der Waals surface area contributed by atoms with Crippen LogP contribution in [0, 0.1) is 0 Å². The average Bonchev–Trinajstić information content (AvgIpc) is 2.39. The Kier molecular flexibility index (Phi) is 5.15. The van der Waals surface area contributed by atoms with Gasteiger partial charge in [-0.1, -0.05) is 0 Å². The summed E-state index contributed by atoms with van der Waals surface area (Å²) in [4.78, 5) is 16.7. The highest BCUT2D eigenvalue weighted by atomic mass is 35.5. The molecule has 0 bridgehead atoms. The van der Waals surface area contributed by atoms with E-state index in [1.54, 1.807) is 0 Å². The lowest BCUT2D eigenvalue weighted by Crippen LogP contribution is -2.31. The molecular formula is C12H20ClN5O. The Morgan fingerprint density at radius 1 is 1.16 bits per heavy atom. The molecule has 19 heavy (non-hydrogen) atoms. The van der Waals surface area contributed by atoms with Gasteiger partial charge in [0.2, 0.25) is 11.2 Å². The molecule has 0 saturated carbocycles. The van der Waals surface area contributed by atoms with E-state index in [1.165, 1.54) is 19.3 Å². The van der Waals surface area contributed by atoms with Gasteiger partial charge in [0.15, 0.2) is 0 Å². The normalized spacial score (nSPS) is 15.9. The van der Waals surface area contributed by atoms with Gasteiger partial charge in [0.1, 0.15) is 6.61 Å². The highest BCUT2D eigenvalue weighted by molar-refractivity contribution is 6.28. The Balaban J connectivity index is 2.01. The first-order valence-corrected chi connectivity index (χ1v) is 6.97. The molecule has 1 aromatic heterocycles. The summed E-state index contributed by atoms with van der Waals surface area (Å²) in [5.74, 6) is 0.625. The van der Waals surface area contributed by atoms with Crippen molar-refractivity contribution in [2.75, 3.05) is 45.2 Å². The van der Waals surface area contributed by atoms with Gasteiger partial charge in [0, 0.05) is 19.6 Å². The molecule has 0 unspecified atom stereocenters. The van der Waals surface area contributed by atoms with Gasteiger partial charge in [0.25, 0.3) is 0 Å². The van der Waals surface area contributed by atoms with Crippen molar-refractivity contribution in [3.63, 3.8) is 0 Å². The molecule has 1 aliphatic heterocycles. The molecule has 2 rings (SSSR count). The molecule has 1 aromatic rings. The van der Waals surface area contributed by atoms with Crippen molar-refractivity contribution in [3.8, 4) is 6.01 Å². The van der Waals surface area contributed by atoms with Gasteiger partial charge in [-0.25, -0.2) is 0 Å². The minimum atomic E-state index is 0.190. The maximum Gasteiger partial charge on any atom is 0.322 e. The fraction of sp³-hybridized carbons (Fsp3) is 0.750. The first-order valence-electron chi connectivity index (χ1n) is 6.59. The van der Waals surface area contributed by atoms with Crippen LogP contribution in [-0.4, -0.2) is 60.2 Å². The van der Waals surface area contributed by atoms with E-state index < -0.39 is 0 Å². The van der Waals surface area contributed by atoms with Crippen LogP contribution in [0.5, 0.6) is 6.01 Å². The number of hydrogen-bond acceptors (Lipinski definition) is 6. The van der Waals surface area contributed by atoms with Crippen LogP contribution >= 0.6 is 11.6 Å². The van der Waals surface area contributed by atoms with Gasteiger partial charge in [-0.15, -0.1) is 0 Å². The van der Waals surface area contributed by atoms with Crippen LogP contribution in [0.1, 0.15) is 19.3 Å². The van der Waals surface area contributed by atoms with E-state index in [9.17, 15) is 0 Å². The van der Waals surface area contributed by atoms with Crippen molar-refractivity contribution < 1.29 is 4.74 Å². The molecule has 2 heterocycles. The summed E-state index contributed by atoms with van der Waals surface area (Å²) in [5, 5.41) is 0.190. The SMILES string of the molecule is CN(C)CCOc1nc(Cl)nc(N2CCCCC2)n1. The Morgan fingerprint density at radius 2 is 1.89 bits per heavy atom. The third kappa shape index (κ3) is 4.47. The topological polar surface area (TPSA) is 54.4 Å². The fourth-order valence-electron chi connectivity index (χ4n) is 1.94. The number of rotatable bonds is 5. The van der Waals surface area contributed by atoms with Crippen molar-refractivity contribution in [3.05, 3.63) is 5.28 Å². The highest BCUT2D eigenvalue weighted by Crippen LogP contribution is 2.19. The van der Waals surface area contributed by atoms with Gasteiger partial charge in [-0.05, 0) is 45.0 Å². The third-order valence-corrected chi connectivity index (χ3v) is 3.15. The van der Waals surface area contributed by atoms with Crippen molar-refractivity contribution in [2.24, 2.45) is 0 Å². The van der Waals surface area contributed by atoms with E-state index >= 15 is 0 Å². The number of likely N-dealkylation sites (N-methyl/N-ethyl adjacent to an activating group) is 1. The lowest BCUT2D eigenvalue weighted by atomic mass is 10.1. The van der Waals surface area contributed by atoms with Crippen LogP contribution in [0.3, 0.4) is 0 Å². The second-order valence-corrected chi connectivity index (χ2v) is 5.22. The molecule has 0 spiro atoms. The van der Waals surface area contributed by atoms with Crippen molar-refractivity contribution in [2.45, 2.75) is 19.3 Å². The molecule has 6 nitrogen and oxygen atoms in total. The molecule has 0 aliphatic carbocycles. The molecule has 0 aromatic carbocycles. The van der Waals surface area contributed by atoms with E-state index in [2.05, 4.69) is 19.9 Å². The number of ether oxygens (including phenoxy) is 1. The molecular weight excluding hydrogens is 266 g/mol. The largest absolute Gasteiger partial charge is 0.462 e. The Labute approximate surface area is 118 Å². The van der Waals surface area contributed by atoms with E-state index in [0.29, 0.717) is 18.6 Å². The van der Waals surface area contributed by atoms with E-state index in [4.69, 9.17) is 16.3 Å². The van der Waals surface area contributed by atoms with E-state index in [1.807, 2.05) is 19.0 Å². The maximum atomic E-state index is 5.93. The second-order valence-electron chi connectivity index (χ2n) is 4.89. The number of piperidine rings is 1. The standard InChI is InChI=1S/C12H20ClN5O/c1-17(2)8-9-19-12-15-10(13)14-11(16-12)18-6-4-3-5-7-18/h3-9H2,1-2H3. The summed E-state index contributed by atoms with van der Waals surface area (Å²) >= 11 is 5.93. The predicted molar refractivity (Wildman–Crippen MR) is 75.0 cm³/mol. The van der Waals surface area contributed by atoms with E-state index in [-0.39, 0.29) is 5.28 Å². The van der Waals surface area contributed by atoms with Crippen LogP contribution < -0.4 is 9.64 Å². The van der Waals surface area contributed by atoms with Gasteiger partial charge in [-0.3, -0.25) is 0 Å². The van der Waals surface area contributed by atoms with Crippen LogP contribution in [0.15, 0.2) is 0 Å². The first kappa shape index (κ1) is 14.3. The Hall–Kier alpha value is -1.14. The van der Waals surface area contributed by atoms with Gasteiger partial charge < -0.3 is 14.5 Å². The highest BCUT2D eigenvalue weighted by Gasteiger charge is 2.16. The van der Waals surface area contributed by atoms with Crippen LogP contribution in [0.25, 0.3) is 0 Å². The molecule has 7 heteroatoms.